The molecule has 22 heavy (non-hydrogen) atoms. The van der Waals surface area contributed by atoms with E-state index in [1.165, 1.54) is 12.7 Å². The number of carbonyl (C=O) groups is 1. The highest BCUT2D eigenvalue weighted by molar-refractivity contribution is 6.31. The monoisotopic (exact) mass is 315 g/mol. The first kappa shape index (κ1) is 14.9. The van der Waals surface area contributed by atoms with Gasteiger partial charge in [0.1, 0.15) is 0 Å². The standard InChI is InChI=1S/C18H18ClNO2/c1-22-18(21)17(14-9-3-4-10-15(14)19)20-12-6-8-13-7-2-5-11-16(13)20/h2-5,7,9-11,17H,6,8,12H2,1H3/t17-/m1/s1. The minimum absolute atomic E-state index is 0.287. The Labute approximate surface area is 135 Å². The number of anilines is 1. The molecule has 1 atom stereocenters. The SMILES string of the molecule is COC(=O)[C@@H](c1ccccc1Cl)N1CCCc2ccccc21. The lowest BCUT2D eigenvalue weighted by Crippen LogP contribution is -2.38. The first-order valence-electron chi connectivity index (χ1n) is 7.39. The van der Waals surface area contributed by atoms with Gasteiger partial charge in [0, 0.05) is 22.8 Å². The van der Waals surface area contributed by atoms with Crippen molar-refractivity contribution in [2.45, 2.75) is 18.9 Å². The van der Waals surface area contributed by atoms with Gasteiger partial charge in [-0.25, -0.2) is 4.79 Å². The van der Waals surface area contributed by atoms with E-state index in [2.05, 4.69) is 17.0 Å². The molecule has 0 bridgehead atoms. The normalized spacial score (nSPS) is 15.1. The van der Waals surface area contributed by atoms with Crippen molar-refractivity contribution in [1.82, 2.24) is 0 Å². The quantitative estimate of drug-likeness (QED) is 0.802. The van der Waals surface area contributed by atoms with Crippen LogP contribution in [0.3, 0.4) is 0 Å². The molecule has 0 N–H and O–H groups in total. The number of halogens is 1. The molecule has 4 heteroatoms. The van der Waals surface area contributed by atoms with E-state index in [0.717, 1.165) is 30.6 Å². The molecule has 0 aliphatic carbocycles. The molecule has 1 heterocycles. The fourth-order valence-corrected chi connectivity index (χ4v) is 3.30. The number of ether oxygens (including phenoxy) is 1. The maximum Gasteiger partial charge on any atom is 0.333 e. The van der Waals surface area contributed by atoms with Crippen LogP contribution < -0.4 is 4.90 Å². The summed E-state index contributed by atoms with van der Waals surface area (Å²) in [6.45, 7) is 0.808. The third kappa shape index (κ3) is 2.69. The van der Waals surface area contributed by atoms with Gasteiger partial charge in [-0.2, -0.15) is 0 Å². The van der Waals surface area contributed by atoms with Crippen LogP contribution >= 0.6 is 11.6 Å². The summed E-state index contributed by atoms with van der Waals surface area (Å²) in [4.78, 5) is 14.6. The lowest BCUT2D eigenvalue weighted by Gasteiger charge is -2.36. The van der Waals surface area contributed by atoms with Gasteiger partial charge in [-0.3, -0.25) is 0 Å². The van der Waals surface area contributed by atoms with E-state index in [-0.39, 0.29) is 5.97 Å². The highest BCUT2D eigenvalue weighted by Crippen LogP contribution is 2.36. The summed E-state index contributed by atoms with van der Waals surface area (Å²) < 4.78 is 5.05. The number of carbonyl (C=O) groups excluding carboxylic acids is 1. The Balaban J connectivity index is 2.09. The number of hydrogen-bond acceptors (Lipinski definition) is 3. The first-order chi connectivity index (χ1) is 10.7. The molecular weight excluding hydrogens is 298 g/mol. The van der Waals surface area contributed by atoms with Crippen LogP contribution in [0.2, 0.25) is 5.02 Å². The molecule has 1 aliphatic heterocycles. The first-order valence-corrected chi connectivity index (χ1v) is 7.77. The van der Waals surface area contributed by atoms with Crippen LogP contribution in [0, 0.1) is 0 Å². The van der Waals surface area contributed by atoms with E-state index in [0.29, 0.717) is 5.02 Å². The van der Waals surface area contributed by atoms with Crippen molar-refractivity contribution in [3.05, 3.63) is 64.7 Å². The largest absolute Gasteiger partial charge is 0.467 e. The Morgan fingerprint density at radius 1 is 1.18 bits per heavy atom. The van der Waals surface area contributed by atoms with Crippen LogP contribution in [-0.2, 0) is 16.0 Å². The van der Waals surface area contributed by atoms with E-state index in [4.69, 9.17) is 16.3 Å². The van der Waals surface area contributed by atoms with Crippen molar-refractivity contribution >= 4 is 23.3 Å². The fraction of sp³-hybridized carbons (Fsp3) is 0.278. The van der Waals surface area contributed by atoms with Crippen LogP contribution in [0.5, 0.6) is 0 Å². The fourth-order valence-electron chi connectivity index (χ4n) is 3.06. The summed E-state index contributed by atoms with van der Waals surface area (Å²) in [5.41, 5.74) is 3.13. The topological polar surface area (TPSA) is 29.5 Å². The summed E-state index contributed by atoms with van der Waals surface area (Å²) in [7, 11) is 1.42. The van der Waals surface area contributed by atoms with Crippen LogP contribution in [-0.4, -0.2) is 19.6 Å². The van der Waals surface area contributed by atoms with E-state index >= 15 is 0 Å². The molecule has 3 rings (SSSR count). The third-order valence-electron chi connectivity index (χ3n) is 4.08. The zero-order chi connectivity index (χ0) is 15.5. The Morgan fingerprint density at radius 3 is 2.68 bits per heavy atom. The highest BCUT2D eigenvalue weighted by Gasteiger charge is 2.32. The number of aryl methyl sites for hydroxylation is 1. The Bertz CT molecular complexity index is 686. The highest BCUT2D eigenvalue weighted by atomic mass is 35.5. The minimum atomic E-state index is -0.514. The Morgan fingerprint density at radius 2 is 1.91 bits per heavy atom. The van der Waals surface area contributed by atoms with Crippen molar-refractivity contribution < 1.29 is 9.53 Å². The van der Waals surface area contributed by atoms with E-state index < -0.39 is 6.04 Å². The summed E-state index contributed by atoms with van der Waals surface area (Å²) in [5, 5.41) is 0.584. The van der Waals surface area contributed by atoms with Gasteiger partial charge in [-0.05, 0) is 30.5 Å². The number of esters is 1. The molecular formula is C18H18ClNO2. The summed E-state index contributed by atoms with van der Waals surface area (Å²) in [5.74, 6) is -0.287. The van der Waals surface area contributed by atoms with Gasteiger partial charge in [-0.15, -0.1) is 0 Å². The Kier molecular flexibility index (Phi) is 4.34. The number of rotatable bonds is 3. The van der Waals surface area contributed by atoms with E-state index in [1.54, 1.807) is 0 Å². The molecule has 114 valence electrons. The number of methoxy groups -OCH3 is 1. The van der Waals surface area contributed by atoms with Crippen molar-refractivity contribution in [3.8, 4) is 0 Å². The van der Waals surface area contributed by atoms with Crippen LogP contribution in [0.1, 0.15) is 23.6 Å². The van der Waals surface area contributed by atoms with Crippen LogP contribution in [0.25, 0.3) is 0 Å². The molecule has 0 saturated carbocycles. The second-order valence-electron chi connectivity index (χ2n) is 5.37. The average Bonchev–Trinajstić information content (AvgIpc) is 2.57. The van der Waals surface area contributed by atoms with Crippen molar-refractivity contribution in [2.24, 2.45) is 0 Å². The zero-order valence-electron chi connectivity index (χ0n) is 12.5. The van der Waals surface area contributed by atoms with Crippen LogP contribution in [0.15, 0.2) is 48.5 Å². The molecule has 0 fully saturated rings. The zero-order valence-corrected chi connectivity index (χ0v) is 13.2. The molecule has 0 unspecified atom stereocenters. The lowest BCUT2D eigenvalue weighted by molar-refractivity contribution is -0.142. The van der Waals surface area contributed by atoms with Crippen molar-refractivity contribution in [3.63, 3.8) is 0 Å². The molecule has 0 amide bonds. The second kappa shape index (κ2) is 6.41. The summed E-state index contributed by atoms with van der Waals surface area (Å²) in [6, 6.07) is 15.1. The lowest BCUT2D eigenvalue weighted by atomic mass is 9.97. The number of benzene rings is 2. The predicted molar refractivity (Wildman–Crippen MR) is 88.3 cm³/mol. The van der Waals surface area contributed by atoms with Gasteiger partial charge < -0.3 is 9.64 Å². The molecule has 1 aliphatic rings. The average molecular weight is 316 g/mol. The van der Waals surface area contributed by atoms with Gasteiger partial charge in [0.15, 0.2) is 6.04 Å². The molecule has 0 saturated heterocycles. The number of nitrogens with zero attached hydrogens (tertiary/aromatic N) is 1. The molecule has 0 aromatic heterocycles. The number of fused-ring (bicyclic) bond motifs is 1. The summed E-state index contributed by atoms with van der Waals surface area (Å²) in [6.07, 6.45) is 2.04. The van der Waals surface area contributed by atoms with Gasteiger partial charge in [0.2, 0.25) is 0 Å². The van der Waals surface area contributed by atoms with Gasteiger partial charge in [0.05, 0.1) is 7.11 Å². The van der Waals surface area contributed by atoms with Gasteiger partial charge >= 0.3 is 5.97 Å². The predicted octanol–water partition coefficient (Wildman–Crippen LogP) is 4.01. The summed E-state index contributed by atoms with van der Waals surface area (Å²) >= 11 is 6.33. The third-order valence-corrected chi connectivity index (χ3v) is 4.43. The Hall–Kier alpha value is -2.00. The maximum absolute atomic E-state index is 12.5. The maximum atomic E-state index is 12.5. The van der Waals surface area contributed by atoms with E-state index in [9.17, 15) is 4.79 Å². The van der Waals surface area contributed by atoms with Crippen molar-refractivity contribution in [2.75, 3.05) is 18.6 Å². The van der Waals surface area contributed by atoms with E-state index in [1.807, 2.05) is 36.4 Å². The van der Waals surface area contributed by atoms with Gasteiger partial charge in [0.25, 0.3) is 0 Å². The van der Waals surface area contributed by atoms with Crippen molar-refractivity contribution in [1.29, 1.82) is 0 Å². The van der Waals surface area contributed by atoms with Gasteiger partial charge in [-0.1, -0.05) is 48.0 Å². The molecule has 2 aromatic carbocycles. The van der Waals surface area contributed by atoms with Crippen LogP contribution in [0.4, 0.5) is 5.69 Å². The molecule has 3 nitrogen and oxygen atoms in total. The number of hydrogen-bond donors (Lipinski definition) is 0. The minimum Gasteiger partial charge on any atom is -0.467 e. The molecule has 0 spiro atoms. The smallest absolute Gasteiger partial charge is 0.333 e. The molecule has 2 aromatic rings. The molecule has 0 radical (unpaired) electrons. The number of para-hydroxylation sites is 1. The second-order valence-corrected chi connectivity index (χ2v) is 5.78.